The van der Waals surface area contributed by atoms with Crippen LogP contribution in [0.25, 0.3) is 5.69 Å². The molecule has 1 amide bonds. The van der Waals surface area contributed by atoms with Crippen LogP contribution in [-0.4, -0.2) is 29.7 Å². The van der Waals surface area contributed by atoms with Gasteiger partial charge >= 0.3 is 0 Å². The van der Waals surface area contributed by atoms with E-state index in [1.54, 1.807) is 37.2 Å². The highest BCUT2D eigenvalue weighted by Crippen LogP contribution is 2.40. The average molecular weight is 402 g/mol. The average Bonchev–Trinajstić information content (AvgIpc) is 3.12. The summed E-state index contributed by atoms with van der Waals surface area (Å²) < 4.78 is 25.9. The predicted molar refractivity (Wildman–Crippen MR) is 103 cm³/mol. The highest BCUT2D eigenvalue weighted by atomic mass is 35.5. The fourth-order valence-corrected chi connectivity index (χ4v) is 3.56. The van der Waals surface area contributed by atoms with Crippen LogP contribution >= 0.6 is 11.6 Å². The second-order valence-corrected chi connectivity index (χ2v) is 6.77. The minimum Gasteiger partial charge on any atom is -0.493 e. The number of carbonyl (C=O) groups is 1. The maximum absolute atomic E-state index is 13.5. The molecule has 4 rings (SSSR count). The first-order valence-corrected chi connectivity index (χ1v) is 8.94. The third kappa shape index (κ3) is 3.07. The highest BCUT2D eigenvalue weighted by molar-refractivity contribution is 6.30. The fourth-order valence-electron chi connectivity index (χ4n) is 3.38. The van der Waals surface area contributed by atoms with Gasteiger partial charge < -0.3 is 14.8 Å². The van der Waals surface area contributed by atoms with E-state index in [0.717, 1.165) is 5.56 Å². The Balaban J connectivity index is 1.79. The first-order valence-electron chi connectivity index (χ1n) is 8.56. The number of benzene rings is 2. The minimum atomic E-state index is -0.508. The monoisotopic (exact) mass is 401 g/mol. The fraction of sp³-hybridized carbons (Fsp3) is 0.200. The van der Waals surface area contributed by atoms with Gasteiger partial charge in [-0.25, -0.2) is 9.37 Å². The van der Waals surface area contributed by atoms with Crippen LogP contribution in [0.2, 0.25) is 5.02 Å². The molecule has 3 aromatic rings. The number of fused-ring (bicyclic) bond motifs is 1. The summed E-state index contributed by atoms with van der Waals surface area (Å²) in [5, 5.41) is 2.86. The third-order valence-corrected chi connectivity index (χ3v) is 5.05. The molecule has 8 heteroatoms. The van der Waals surface area contributed by atoms with Gasteiger partial charge in [0.05, 0.1) is 30.6 Å². The SMILES string of the molecule is COc1ccc([C@@H]2CC(=O)Nc3c2ncn3-c2ccc(F)c(Cl)c2)cc1OC. The van der Waals surface area contributed by atoms with Gasteiger partial charge in [0.2, 0.25) is 5.91 Å². The smallest absolute Gasteiger partial charge is 0.226 e. The molecule has 0 aliphatic carbocycles. The van der Waals surface area contributed by atoms with Gasteiger partial charge in [0, 0.05) is 12.3 Å². The van der Waals surface area contributed by atoms with Crippen molar-refractivity contribution in [1.82, 2.24) is 9.55 Å². The second kappa shape index (κ2) is 7.16. The molecule has 0 bridgehead atoms. The van der Waals surface area contributed by atoms with Crippen LogP contribution in [-0.2, 0) is 4.79 Å². The van der Waals surface area contributed by atoms with Gasteiger partial charge in [-0.1, -0.05) is 17.7 Å². The van der Waals surface area contributed by atoms with E-state index in [1.807, 2.05) is 12.1 Å². The van der Waals surface area contributed by atoms with Crippen LogP contribution in [0, 0.1) is 5.82 Å². The Morgan fingerprint density at radius 3 is 2.68 bits per heavy atom. The summed E-state index contributed by atoms with van der Waals surface area (Å²) in [6.45, 7) is 0. The van der Waals surface area contributed by atoms with E-state index in [-0.39, 0.29) is 23.3 Å². The van der Waals surface area contributed by atoms with Gasteiger partial charge in [-0.3, -0.25) is 9.36 Å². The van der Waals surface area contributed by atoms with Gasteiger partial charge in [-0.05, 0) is 35.9 Å². The second-order valence-electron chi connectivity index (χ2n) is 6.37. The molecule has 0 fully saturated rings. The quantitative estimate of drug-likeness (QED) is 0.713. The number of methoxy groups -OCH3 is 2. The molecule has 0 unspecified atom stereocenters. The molecule has 1 N–H and O–H groups in total. The summed E-state index contributed by atoms with van der Waals surface area (Å²) in [7, 11) is 3.13. The Hall–Kier alpha value is -3.06. The van der Waals surface area contributed by atoms with Crippen molar-refractivity contribution in [1.29, 1.82) is 0 Å². The van der Waals surface area contributed by atoms with Crippen LogP contribution in [0.4, 0.5) is 10.2 Å². The molecule has 6 nitrogen and oxygen atoms in total. The molecular weight excluding hydrogens is 385 g/mol. The van der Waals surface area contributed by atoms with Crippen molar-refractivity contribution in [2.45, 2.75) is 12.3 Å². The number of hydrogen-bond acceptors (Lipinski definition) is 4. The molecule has 1 atom stereocenters. The molecule has 2 heterocycles. The molecule has 0 radical (unpaired) electrons. The standard InChI is InChI=1S/C20H17ClFN3O3/c1-27-16-6-3-11(7-17(16)28-2)13-9-18(26)24-20-19(13)23-10-25(20)12-4-5-15(22)14(21)8-12/h3-8,10,13H,9H2,1-2H3,(H,24,26)/t13-/m0/s1. The molecule has 0 saturated carbocycles. The number of amides is 1. The summed E-state index contributed by atoms with van der Waals surface area (Å²) in [6.07, 6.45) is 1.84. The molecule has 1 aliphatic heterocycles. The van der Waals surface area contributed by atoms with Gasteiger partial charge in [-0.15, -0.1) is 0 Å². The zero-order valence-electron chi connectivity index (χ0n) is 15.2. The van der Waals surface area contributed by atoms with Crippen molar-refractivity contribution in [3.8, 4) is 17.2 Å². The molecule has 0 spiro atoms. The van der Waals surface area contributed by atoms with Gasteiger partial charge in [0.25, 0.3) is 0 Å². The molecule has 28 heavy (non-hydrogen) atoms. The van der Waals surface area contributed by atoms with Gasteiger partial charge in [-0.2, -0.15) is 0 Å². The predicted octanol–water partition coefficient (Wildman–Crippen LogP) is 4.16. The number of anilines is 1. The summed E-state index contributed by atoms with van der Waals surface area (Å²) in [6, 6.07) is 9.89. The van der Waals surface area contributed by atoms with Crippen molar-refractivity contribution < 1.29 is 18.7 Å². The van der Waals surface area contributed by atoms with Crippen molar-refractivity contribution in [3.63, 3.8) is 0 Å². The number of hydrogen-bond donors (Lipinski definition) is 1. The highest BCUT2D eigenvalue weighted by Gasteiger charge is 2.31. The number of rotatable bonds is 4. The lowest BCUT2D eigenvalue weighted by atomic mass is 9.89. The van der Waals surface area contributed by atoms with Crippen molar-refractivity contribution in [2.75, 3.05) is 19.5 Å². The van der Waals surface area contributed by atoms with E-state index in [4.69, 9.17) is 21.1 Å². The summed E-state index contributed by atoms with van der Waals surface area (Å²) in [5.41, 5.74) is 2.21. The maximum Gasteiger partial charge on any atom is 0.226 e. The lowest BCUT2D eigenvalue weighted by Gasteiger charge is -2.24. The normalized spacial score (nSPS) is 15.7. The number of imidazole rings is 1. The van der Waals surface area contributed by atoms with E-state index in [2.05, 4.69) is 10.3 Å². The molecule has 1 aromatic heterocycles. The molecule has 0 saturated heterocycles. The Morgan fingerprint density at radius 2 is 1.96 bits per heavy atom. The lowest BCUT2D eigenvalue weighted by molar-refractivity contribution is -0.116. The zero-order chi connectivity index (χ0) is 19.8. The first-order chi connectivity index (χ1) is 13.5. The van der Waals surface area contributed by atoms with Crippen molar-refractivity contribution in [2.24, 2.45) is 0 Å². The van der Waals surface area contributed by atoms with Crippen molar-refractivity contribution in [3.05, 3.63) is 64.8 Å². The summed E-state index contributed by atoms with van der Waals surface area (Å²) in [5.74, 6) is 0.837. The van der Waals surface area contributed by atoms with Gasteiger partial charge in [0.1, 0.15) is 18.0 Å². The third-order valence-electron chi connectivity index (χ3n) is 4.76. The van der Waals surface area contributed by atoms with Crippen LogP contribution in [0.15, 0.2) is 42.7 Å². The number of carbonyl (C=O) groups excluding carboxylic acids is 1. The van der Waals surface area contributed by atoms with E-state index in [1.165, 1.54) is 12.1 Å². The topological polar surface area (TPSA) is 65.4 Å². The molecule has 144 valence electrons. The van der Waals surface area contributed by atoms with E-state index in [9.17, 15) is 9.18 Å². The first kappa shape index (κ1) is 18.3. The van der Waals surface area contributed by atoms with Crippen LogP contribution < -0.4 is 14.8 Å². The minimum absolute atomic E-state index is 0.00136. The largest absolute Gasteiger partial charge is 0.493 e. The number of nitrogens with zero attached hydrogens (tertiary/aromatic N) is 2. The lowest BCUT2D eigenvalue weighted by Crippen LogP contribution is -2.25. The zero-order valence-corrected chi connectivity index (χ0v) is 16.0. The van der Waals surface area contributed by atoms with Crippen LogP contribution in [0.5, 0.6) is 11.5 Å². The summed E-state index contributed by atoms with van der Waals surface area (Å²) in [4.78, 5) is 16.9. The molecule has 2 aromatic carbocycles. The van der Waals surface area contributed by atoms with E-state index < -0.39 is 5.82 Å². The molecular formula is C20H17ClFN3O3. The van der Waals surface area contributed by atoms with Gasteiger partial charge in [0.15, 0.2) is 11.5 Å². The Morgan fingerprint density at radius 1 is 1.18 bits per heavy atom. The van der Waals surface area contributed by atoms with Crippen LogP contribution in [0.3, 0.4) is 0 Å². The van der Waals surface area contributed by atoms with E-state index in [0.29, 0.717) is 28.7 Å². The molecule has 1 aliphatic rings. The number of nitrogens with one attached hydrogen (secondary N) is 1. The number of halogens is 2. The van der Waals surface area contributed by atoms with E-state index >= 15 is 0 Å². The van der Waals surface area contributed by atoms with Crippen LogP contribution in [0.1, 0.15) is 23.6 Å². The Labute approximate surface area is 165 Å². The number of ether oxygens (including phenoxy) is 2. The Bertz CT molecular complexity index is 1070. The number of aromatic nitrogens is 2. The van der Waals surface area contributed by atoms with Crippen molar-refractivity contribution >= 4 is 23.3 Å². The Kier molecular flexibility index (Phi) is 4.68. The summed E-state index contributed by atoms with van der Waals surface area (Å²) >= 11 is 5.91. The maximum atomic E-state index is 13.5.